The summed E-state index contributed by atoms with van der Waals surface area (Å²) >= 11 is 0. The number of carbonyl (C=O) groups is 2. The number of ether oxygens (including phenoxy) is 1. The summed E-state index contributed by atoms with van der Waals surface area (Å²) in [6.07, 6.45) is 1.80. The maximum Gasteiger partial charge on any atom is 0.311 e. The molecule has 0 bridgehead atoms. The Morgan fingerprint density at radius 2 is 2.05 bits per heavy atom. The van der Waals surface area contributed by atoms with Crippen molar-refractivity contribution in [1.29, 1.82) is 0 Å². The molecule has 0 aromatic rings. The third-order valence-electron chi connectivity index (χ3n) is 4.59. The van der Waals surface area contributed by atoms with Crippen molar-refractivity contribution in [3.63, 3.8) is 0 Å². The first kappa shape index (κ1) is 15.3. The second-order valence-electron chi connectivity index (χ2n) is 6.20. The van der Waals surface area contributed by atoms with Crippen molar-refractivity contribution in [2.24, 2.45) is 5.41 Å². The van der Waals surface area contributed by atoms with Gasteiger partial charge in [-0.25, -0.2) is 0 Å². The van der Waals surface area contributed by atoms with Crippen molar-refractivity contribution in [1.82, 2.24) is 15.5 Å². The zero-order chi connectivity index (χ0) is 14.8. The van der Waals surface area contributed by atoms with E-state index in [0.29, 0.717) is 13.1 Å². The Labute approximate surface area is 120 Å². The van der Waals surface area contributed by atoms with Crippen LogP contribution in [0.2, 0.25) is 0 Å². The molecular weight excluding hydrogens is 258 g/mol. The van der Waals surface area contributed by atoms with Crippen LogP contribution in [-0.2, 0) is 14.3 Å². The van der Waals surface area contributed by atoms with Crippen molar-refractivity contribution >= 4 is 11.8 Å². The molecule has 1 aliphatic carbocycles. The van der Waals surface area contributed by atoms with E-state index >= 15 is 0 Å². The Bertz CT molecular complexity index is 376. The molecule has 2 atom stereocenters. The molecule has 6 heteroatoms. The topological polar surface area (TPSA) is 70.7 Å². The molecule has 2 fully saturated rings. The zero-order valence-corrected chi connectivity index (χ0v) is 12.6. The summed E-state index contributed by atoms with van der Waals surface area (Å²) in [6.45, 7) is 7.00. The molecule has 1 heterocycles. The summed E-state index contributed by atoms with van der Waals surface area (Å²) in [5, 5.41) is 6.08. The lowest BCUT2D eigenvalue weighted by atomic mass is 9.64. The van der Waals surface area contributed by atoms with Gasteiger partial charge in [-0.2, -0.15) is 0 Å². The number of hydrogen-bond acceptors (Lipinski definition) is 4. The number of carbonyl (C=O) groups excluding carboxylic acids is 2. The van der Waals surface area contributed by atoms with Gasteiger partial charge in [-0.3, -0.25) is 9.59 Å². The van der Waals surface area contributed by atoms with Crippen LogP contribution < -0.4 is 10.6 Å². The van der Waals surface area contributed by atoms with Gasteiger partial charge in [0.05, 0.1) is 6.10 Å². The molecule has 114 valence electrons. The van der Waals surface area contributed by atoms with Crippen molar-refractivity contribution < 1.29 is 14.3 Å². The fourth-order valence-corrected chi connectivity index (χ4v) is 2.94. The molecule has 1 saturated carbocycles. The van der Waals surface area contributed by atoms with Gasteiger partial charge in [0, 0.05) is 38.2 Å². The van der Waals surface area contributed by atoms with Gasteiger partial charge in [-0.05, 0) is 19.4 Å². The lowest BCUT2D eigenvalue weighted by Crippen LogP contribution is -2.63. The minimum Gasteiger partial charge on any atom is -0.381 e. The monoisotopic (exact) mass is 283 g/mol. The minimum atomic E-state index is -0.487. The average molecular weight is 283 g/mol. The number of methoxy groups -OCH3 is 1. The Hall–Kier alpha value is -1.14. The largest absolute Gasteiger partial charge is 0.381 e. The summed E-state index contributed by atoms with van der Waals surface area (Å²) < 4.78 is 5.35. The highest BCUT2D eigenvalue weighted by atomic mass is 16.5. The van der Waals surface area contributed by atoms with E-state index in [9.17, 15) is 9.59 Å². The average Bonchev–Trinajstić information content (AvgIpc) is 2.70. The number of amides is 2. The number of nitrogens with one attached hydrogen (secondary N) is 2. The van der Waals surface area contributed by atoms with Gasteiger partial charge in [0.25, 0.3) is 0 Å². The molecule has 0 aromatic carbocycles. The maximum absolute atomic E-state index is 12.1. The van der Waals surface area contributed by atoms with E-state index in [1.165, 1.54) is 0 Å². The third kappa shape index (κ3) is 2.96. The van der Waals surface area contributed by atoms with Crippen LogP contribution in [-0.4, -0.2) is 62.1 Å². The smallest absolute Gasteiger partial charge is 0.311 e. The van der Waals surface area contributed by atoms with Crippen molar-refractivity contribution in [2.45, 2.75) is 38.8 Å². The highest BCUT2D eigenvalue weighted by Gasteiger charge is 2.49. The molecular formula is C14H25N3O3. The van der Waals surface area contributed by atoms with Crippen molar-refractivity contribution in [3.05, 3.63) is 0 Å². The molecule has 0 radical (unpaired) electrons. The van der Waals surface area contributed by atoms with Crippen molar-refractivity contribution in [2.75, 3.05) is 33.3 Å². The van der Waals surface area contributed by atoms with Gasteiger partial charge in [-0.1, -0.05) is 13.8 Å². The minimum absolute atomic E-state index is 0.00834. The van der Waals surface area contributed by atoms with E-state index in [2.05, 4.69) is 24.5 Å². The van der Waals surface area contributed by atoms with E-state index in [4.69, 9.17) is 4.74 Å². The number of hydrogen-bond donors (Lipinski definition) is 2. The van der Waals surface area contributed by atoms with E-state index < -0.39 is 11.8 Å². The molecule has 1 aliphatic heterocycles. The predicted octanol–water partition coefficient (Wildman–Crippen LogP) is -0.262. The summed E-state index contributed by atoms with van der Waals surface area (Å²) in [5.41, 5.74) is -0.120. The van der Waals surface area contributed by atoms with Gasteiger partial charge in [0.1, 0.15) is 0 Å². The maximum atomic E-state index is 12.1. The SMILES string of the molecule is COC1CC(NC(=O)C(=O)N2CCCNCC2)C1(C)C. The summed E-state index contributed by atoms with van der Waals surface area (Å²) in [6, 6.07) is 0.00834. The molecule has 2 rings (SSSR count). The van der Waals surface area contributed by atoms with Crippen LogP contribution in [0.1, 0.15) is 26.7 Å². The zero-order valence-electron chi connectivity index (χ0n) is 12.6. The van der Waals surface area contributed by atoms with Gasteiger partial charge in [0.15, 0.2) is 0 Å². The Morgan fingerprint density at radius 1 is 1.30 bits per heavy atom. The Balaban J connectivity index is 1.87. The third-order valence-corrected chi connectivity index (χ3v) is 4.59. The normalized spacial score (nSPS) is 29.2. The van der Waals surface area contributed by atoms with Gasteiger partial charge in [-0.15, -0.1) is 0 Å². The van der Waals surface area contributed by atoms with Crippen LogP contribution in [0.4, 0.5) is 0 Å². The second kappa shape index (κ2) is 6.10. The number of rotatable bonds is 2. The van der Waals surface area contributed by atoms with E-state index in [-0.39, 0.29) is 17.6 Å². The summed E-state index contributed by atoms with van der Waals surface area (Å²) in [4.78, 5) is 25.9. The Morgan fingerprint density at radius 3 is 2.70 bits per heavy atom. The second-order valence-corrected chi connectivity index (χ2v) is 6.20. The lowest BCUT2D eigenvalue weighted by Gasteiger charge is -2.51. The number of nitrogens with zero attached hydrogens (tertiary/aromatic N) is 1. The Kier molecular flexibility index (Phi) is 4.65. The standard InChI is InChI=1S/C14H25N3O3/c1-14(2)10(9-11(14)20-3)16-12(18)13(19)17-7-4-5-15-6-8-17/h10-11,15H,4-9H2,1-3H3,(H,16,18). The first-order chi connectivity index (χ1) is 9.46. The van der Waals surface area contributed by atoms with Crippen LogP contribution in [0.25, 0.3) is 0 Å². The predicted molar refractivity (Wildman–Crippen MR) is 75.2 cm³/mol. The summed E-state index contributed by atoms with van der Waals surface area (Å²) in [5.74, 6) is -0.898. The highest BCUT2D eigenvalue weighted by Crippen LogP contribution is 2.42. The molecule has 0 aromatic heterocycles. The van der Waals surface area contributed by atoms with Crippen LogP contribution in [0, 0.1) is 5.41 Å². The molecule has 2 amide bonds. The lowest BCUT2D eigenvalue weighted by molar-refractivity contribution is -0.150. The molecule has 2 aliphatic rings. The highest BCUT2D eigenvalue weighted by molar-refractivity contribution is 6.35. The van der Waals surface area contributed by atoms with Crippen LogP contribution in [0.5, 0.6) is 0 Å². The van der Waals surface area contributed by atoms with Crippen LogP contribution in [0.15, 0.2) is 0 Å². The molecule has 2 N–H and O–H groups in total. The molecule has 6 nitrogen and oxygen atoms in total. The van der Waals surface area contributed by atoms with E-state index in [0.717, 1.165) is 25.9 Å². The van der Waals surface area contributed by atoms with Gasteiger partial charge in [0.2, 0.25) is 0 Å². The fraction of sp³-hybridized carbons (Fsp3) is 0.857. The van der Waals surface area contributed by atoms with Gasteiger partial charge < -0.3 is 20.3 Å². The molecule has 0 spiro atoms. The van der Waals surface area contributed by atoms with Gasteiger partial charge >= 0.3 is 11.8 Å². The fourth-order valence-electron chi connectivity index (χ4n) is 2.94. The molecule has 1 saturated heterocycles. The van der Waals surface area contributed by atoms with Crippen molar-refractivity contribution in [3.8, 4) is 0 Å². The van der Waals surface area contributed by atoms with Crippen LogP contribution >= 0.6 is 0 Å². The van der Waals surface area contributed by atoms with E-state index in [1.807, 2.05) is 0 Å². The van der Waals surface area contributed by atoms with Crippen LogP contribution in [0.3, 0.4) is 0 Å². The first-order valence-corrected chi connectivity index (χ1v) is 7.30. The summed E-state index contributed by atoms with van der Waals surface area (Å²) in [7, 11) is 1.68. The molecule has 20 heavy (non-hydrogen) atoms. The van der Waals surface area contributed by atoms with E-state index in [1.54, 1.807) is 12.0 Å². The molecule has 2 unspecified atom stereocenters. The first-order valence-electron chi connectivity index (χ1n) is 7.30. The quantitative estimate of drug-likeness (QED) is 0.685.